The van der Waals surface area contributed by atoms with E-state index in [0.717, 1.165) is 9.80 Å². The van der Waals surface area contributed by atoms with Crippen molar-refractivity contribution in [3.05, 3.63) is 0 Å². The van der Waals surface area contributed by atoms with Crippen LogP contribution in [0.25, 0.3) is 0 Å². The van der Waals surface area contributed by atoms with Crippen molar-refractivity contribution in [1.82, 2.24) is 9.80 Å². The third-order valence-corrected chi connectivity index (χ3v) is 2.82. The number of hydrogen-bond acceptors (Lipinski definition) is 5. The minimum atomic E-state index is -1.17. The predicted octanol–water partition coefficient (Wildman–Crippen LogP) is -2.09. The first-order valence-corrected chi connectivity index (χ1v) is 5.69. The molecule has 0 aromatic heterocycles. The van der Waals surface area contributed by atoms with E-state index in [-0.39, 0.29) is 39.3 Å². The van der Waals surface area contributed by atoms with Gasteiger partial charge in [-0.1, -0.05) is 0 Å². The first-order valence-electron chi connectivity index (χ1n) is 5.69. The van der Waals surface area contributed by atoms with Gasteiger partial charge in [-0.15, -0.1) is 0 Å². The fraction of sp³-hybridized carbons (Fsp3) is 0.800. The van der Waals surface area contributed by atoms with E-state index >= 15 is 0 Å². The molecule has 2 amide bonds. The standard InChI is InChI=1S/C10H18N2O6/c13-3-1-11(2-4-14)10(18)12-6-7(15)5-8(12)9(16)17/h7-8,13-15H,1-6H2,(H,16,17)/t7?,8-/m0/s1. The zero-order valence-electron chi connectivity index (χ0n) is 9.90. The summed E-state index contributed by atoms with van der Waals surface area (Å²) in [5, 5.41) is 36.0. The number of rotatable bonds is 5. The second-order valence-corrected chi connectivity index (χ2v) is 4.11. The summed E-state index contributed by atoms with van der Waals surface area (Å²) in [6, 6.07) is -1.66. The summed E-state index contributed by atoms with van der Waals surface area (Å²) < 4.78 is 0. The number of carbonyl (C=O) groups excluding carboxylic acids is 1. The van der Waals surface area contributed by atoms with E-state index in [2.05, 4.69) is 0 Å². The average Bonchev–Trinajstić information content (AvgIpc) is 2.70. The molecular weight excluding hydrogens is 244 g/mol. The molecule has 1 unspecified atom stereocenters. The average molecular weight is 262 g/mol. The molecule has 1 fully saturated rings. The first kappa shape index (κ1) is 14.7. The number of aliphatic hydroxyl groups is 3. The number of aliphatic carboxylic acids is 1. The number of carboxylic acid groups (broad SMARTS) is 1. The molecule has 0 saturated carbocycles. The van der Waals surface area contributed by atoms with Crippen LogP contribution in [-0.2, 0) is 4.79 Å². The highest BCUT2D eigenvalue weighted by Gasteiger charge is 2.40. The van der Waals surface area contributed by atoms with Gasteiger partial charge in [0.2, 0.25) is 0 Å². The smallest absolute Gasteiger partial charge is 0.326 e. The van der Waals surface area contributed by atoms with Crippen LogP contribution < -0.4 is 0 Å². The molecule has 8 heteroatoms. The highest BCUT2D eigenvalue weighted by Crippen LogP contribution is 2.19. The number of amides is 2. The summed E-state index contributed by atoms with van der Waals surface area (Å²) in [7, 11) is 0. The van der Waals surface area contributed by atoms with Gasteiger partial charge in [0.1, 0.15) is 6.04 Å². The molecule has 0 radical (unpaired) electrons. The fourth-order valence-electron chi connectivity index (χ4n) is 1.99. The Morgan fingerprint density at radius 2 is 1.78 bits per heavy atom. The van der Waals surface area contributed by atoms with E-state index in [9.17, 15) is 14.7 Å². The van der Waals surface area contributed by atoms with Gasteiger partial charge in [-0.25, -0.2) is 9.59 Å². The lowest BCUT2D eigenvalue weighted by atomic mass is 10.2. The van der Waals surface area contributed by atoms with Gasteiger partial charge < -0.3 is 30.2 Å². The van der Waals surface area contributed by atoms with Crippen molar-refractivity contribution < 1.29 is 30.0 Å². The van der Waals surface area contributed by atoms with Gasteiger partial charge >= 0.3 is 12.0 Å². The van der Waals surface area contributed by atoms with Gasteiger partial charge in [0.05, 0.1) is 19.3 Å². The molecule has 0 bridgehead atoms. The number of carbonyl (C=O) groups is 2. The normalized spacial score (nSPS) is 23.2. The van der Waals surface area contributed by atoms with Gasteiger partial charge in [-0.3, -0.25) is 0 Å². The van der Waals surface area contributed by atoms with E-state index in [1.54, 1.807) is 0 Å². The van der Waals surface area contributed by atoms with Gasteiger partial charge in [-0.2, -0.15) is 0 Å². The largest absolute Gasteiger partial charge is 0.480 e. The molecule has 1 aliphatic rings. The van der Waals surface area contributed by atoms with Crippen LogP contribution in [0.15, 0.2) is 0 Å². The molecular formula is C10H18N2O6. The zero-order valence-corrected chi connectivity index (χ0v) is 9.90. The molecule has 4 N–H and O–H groups in total. The Bertz CT molecular complexity index is 305. The Hall–Kier alpha value is -1.38. The van der Waals surface area contributed by atoms with Gasteiger partial charge in [0.25, 0.3) is 0 Å². The van der Waals surface area contributed by atoms with Crippen LogP contribution in [-0.4, -0.2) is 87.2 Å². The highest BCUT2D eigenvalue weighted by molar-refractivity contribution is 5.83. The van der Waals surface area contributed by atoms with Crippen molar-refractivity contribution in [3.8, 4) is 0 Å². The summed E-state index contributed by atoms with van der Waals surface area (Å²) >= 11 is 0. The Kier molecular flexibility index (Phi) is 5.32. The number of aliphatic hydroxyl groups excluding tert-OH is 3. The Morgan fingerprint density at radius 1 is 1.22 bits per heavy atom. The van der Waals surface area contributed by atoms with E-state index in [1.807, 2.05) is 0 Å². The van der Waals surface area contributed by atoms with Crippen LogP contribution in [0, 0.1) is 0 Å². The second kappa shape index (κ2) is 6.53. The number of likely N-dealkylation sites (tertiary alicyclic amines) is 1. The number of urea groups is 1. The number of carboxylic acids is 1. The number of β-amino-alcohol motifs (C(OH)–C–C–N with tert-alkyl or cyclic N) is 1. The van der Waals surface area contributed by atoms with Gasteiger partial charge in [0.15, 0.2) is 0 Å². The minimum absolute atomic E-state index is 0.00678. The van der Waals surface area contributed by atoms with E-state index < -0.39 is 24.1 Å². The molecule has 1 saturated heterocycles. The zero-order chi connectivity index (χ0) is 13.7. The number of hydrogen-bond donors (Lipinski definition) is 4. The molecule has 0 aromatic carbocycles. The summed E-state index contributed by atoms with van der Waals surface area (Å²) in [6.45, 7) is -0.584. The van der Waals surface area contributed by atoms with Crippen LogP contribution in [0.2, 0.25) is 0 Å². The van der Waals surface area contributed by atoms with Crippen molar-refractivity contribution in [2.45, 2.75) is 18.6 Å². The summed E-state index contributed by atoms with van der Waals surface area (Å²) in [4.78, 5) is 25.2. The summed E-state index contributed by atoms with van der Waals surface area (Å²) in [5.41, 5.74) is 0. The monoisotopic (exact) mass is 262 g/mol. The lowest BCUT2D eigenvalue weighted by molar-refractivity contribution is -0.141. The van der Waals surface area contributed by atoms with Crippen molar-refractivity contribution in [2.75, 3.05) is 32.8 Å². The van der Waals surface area contributed by atoms with Crippen molar-refractivity contribution in [1.29, 1.82) is 0 Å². The third kappa shape index (κ3) is 3.31. The Morgan fingerprint density at radius 3 is 2.22 bits per heavy atom. The van der Waals surface area contributed by atoms with Crippen LogP contribution in [0.1, 0.15) is 6.42 Å². The molecule has 18 heavy (non-hydrogen) atoms. The molecule has 0 spiro atoms. The maximum atomic E-state index is 12.0. The fourth-order valence-corrected chi connectivity index (χ4v) is 1.99. The predicted molar refractivity (Wildman–Crippen MR) is 59.9 cm³/mol. The number of nitrogens with zero attached hydrogens (tertiary/aromatic N) is 2. The molecule has 1 rings (SSSR count). The van der Waals surface area contributed by atoms with Crippen LogP contribution in [0.5, 0.6) is 0 Å². The van der Waals surface area contributed by atoms with Crippen molar-refractivity contribution in [2.24, 2.45) is 0 Å². The van der Waals surface area contributed by atoms with E-state index in [0.29, 0.717) is 0 Å². The minimum Gasteiger partial charge on any atom is -0.480 e. The lowest BCUT2D eigenvalue weighted by Gasteiger charge is -2.29. The molecule has 104 valence electrons. The summed E-state index contributed by atoms with van der Waals surface area (Å²) in [6.07, 6.45) is -0.868. The van der Waals surface area contributed by atoms with Crippen LogP contribution >= 0.6 is 0 Å². The maximum Gasteiger partial charge on any atom is 0.326 e. The highest BCUT2D eigenvalue weighted by atomic mass is 16.4. The molecule has 1 aliphatic heterocycles. The van der Waals surface area contributed by atoms with Crippen LogP contribution in [0.4, 0.5) is 4.79 Å². The topological polar surface area (TPSA) is 122 Å². The Labute approximate surface area is 104 Å². The van der Waals surface area contributed by atoms with Gasteiger partial charge in [-0.05, 0) is 0 Å². The van der Waals surface area contributed by atoms with Crippen LogP contribution in [0.3, 0.4) is 0 Å². The molecule has 0 aromatic rings. The SMILES string of the molecule is O=C(O)[C@@H]1CC(O)CN1C(=O)N(CCO)CCO. The first-order chi connectivity index (χ1) is 8.51. The molecule has 8 nitrogen and oxygen atoms in total. The van der Waals surface area contributed by atoms with Crippen molar-refractivity contribution in [3.63, 3.8) is 0 Å². The van der Waals surface area contributed by atoms with E-state index in [4.69, 9.17) is 15.3 Å². The van der Waals surface area contributed by atoms with E-state index in [1.165, 1.54) is 0 Å². The third-order valence-electron chi connectivity index (χ3n) is 2.82. The maximum absolute atomic E-state index is 12.0. The van der Waals surface area contributed by atoms with Crippen molar-refractivity contribution >= 4 is 12.0 Å². The Balaban J connectivity index is 2.76. The van der Waals surface area contributed by atoms with Gasteiger partial charge in [0, 0.05) is 26.1 Å². The molecule has 1 heterocycles. The quantitative estimate of drug-likeness (QED) is 0.451. The summed E-state index contributed by atoms with van der Waals surface area (Å²) in [5.74, 6) is -1.17. The molecule has 0 aliphatic carbocycles. The lowest BCUT2D eigenvalue weighted by Crippen LogP contribution is -2.49. The molecule has 2 atom stereocenters. The second-order valence-electron chi connectivity index (χ2n) is 4.11.